The summed E-state index contributed by atoms with van der Waals surface area (Å²) < 4.78 is 6.16. The molecule has 1 heterocycles. The number of methoxy groups -OCH3 is 1. The zero-order valence-corrected chi connectivity index (χ0v) is 13.5. The van der Waals surface area contributed by atoms with E-state index in [1.54, 1.807) is 37.6 Å². The van der Waals surface area contributed by atoms with Crippen LogP contribution < -0.4 is 4.74 Å². The Morgan fingerprint density at radius 1 is 1.19 bits per heavy atom. The Balaban J connectivity index is 2.13. The third-order valence-electron chi connectivity index (χ3n) is 3.30. The summed E-state index contributed by atoms with van der Waals surface area (Å²) in [7, 11) is 1.55. The first-order valence-electron chi connectivity index (χ1n) is 6.25. The van der Waals surface area contributed by atoms with Crippen LogP contribution >= 0.6 is 27.5 Å². The second kappa shape index (κ2) is 5.54. The summed E-state index contributed by atoms with van der Waals surface area (Å²) in [6.07, 6.45) is 1.70. The zero-order chi connectivity index (χ0) is 15.0. The van der Waals surface area contributed by atoms with Gasteiger partial charge in [-0.15, -0.1) is 0 Å². The van der Waals surface area contributed by atoms with Crippen LogP contribution in [-0.4, -0.2) is 17.9 Å². The van der Waals surface area contributed by atoms with Gasteiger partial charge < -0.3 is 9.72 Å². The van der Waals surface area contributed by atoms with Crippen LogP contribution in [0.25, 0.3) is 10.9 Å². The maximum atomic E-state index is 12.7. The molecule has 3 aromatic rings. The van der Waals surface area contributed by atoms with Crippen LogP contribution in [0.5, 0.6) is 5.75 Å². The average molecular weight is 365 g/mol. The number of carbonyl (C=O) groups excluding carboxylic acids is 1. The minimum absolute atomic E-state index is 0.0899. The van der Waals surface area contributed by atoms with Gasteiger partial charge in [0.25, 0.3) is 0 Å². The second-order valence-corrected chi connectivity index (χ2v) is 5.92. The molecule has 0 saturated carbocycles. The number of halogens is 2. The fraction of sp³-hybridized carbons (Fsp3) is 0.0625. The van der Waals surface area contributed by atoms with E-state index in [9.17, 15) is 4.79 Å². The van der Waals surface area contributed by atoms with Gasteiger partial charge in [0.05, 0.1) is 12.7 Å². The van der Waals surface area contributed by atoms with Crippen LogP contribution in [0.15, 0.2) is 47.1 Å². The van der Waals surface area contributed by atoms with Crippen LogP contribution in [0.3, 0.4) is 0 Å². The van der Waals surface area contributed by atoms with Crippen molar-refractivity contribution in [2.45, 2.75) is 0 Å². The number of benzene rings is 2. The van der Waals surface area contributed by atoms with Gasteiger partial charge in [0.1, 0.15) is 5.75 Å². The highest BCUT2D eigenvalue weighted by Crippen LogP contribution is 2.29. The maximum absolute atomic E-state index is 12.7. The van der Waals surface area contributed by atoms with Gasteiger partial charge in [-0.1, -0.05) is 33.6 Å². The van der Waals surface area contributed by atoms with Gasteiger partial charge in [-0.05, 0) is 30.3 Å². The summed E-state index contributed by atoms with van der Waals surface area (Å²) in [6, 6.07) is 10.8. The van der Waals surface area contributed by atoms with Gasteiger partial charge in [0.15, 0.2) is 5.78 Å². The third kappa shape index (κ3) is 2.57. The number of H-pyrrole nitrogens is 1. The minimum atomic E-state index is -0.0899. The SMILES string of the molecule is COc1cc(Br)ccc1C(=O)c1c[nH]c2cc(Cl)ccc12. The Kier molecular flexibility index (Phi) is 3.74. The summed E-state index contributed by atoms with van der Waals surface area (Å²) in [5, 5.41) is 1.47. The van der Waals surface area contributed by atoms with Crippen molar-refractivity contribution < 1.29 is 9.53 Å². The molecule has 0 aliphatic heterocycles. The number of aromatic amines is 1. The first-order chi connectivity index (χ1) is 10.1. The summed E-state index contributed by atoms with van der Waals surface area (Å²) in [6.45, 7) is 0. The van der Waals surface area contributed by atoms with E-state index in [0.717, 1.165) is 15.4 Å². The van der Waals surface area contributed by atoms with Crippen molar-refractivity contribution in [1.29, 1.82) is 0 Å². The minimum Gasteiger partial charge on any atom is -0.496 e. The lowest BCUT2D eigenvalue weighted by Crippen LogP contribution is -2.03. The van der Waals surface area contributed by atoms with E-state index in [1.807, 2.05) is 12.1 Å². The fourth-order valence-corrected chi connectivity index (χ4v) is 2.80. The van der Waals surface area contributed by atoms with Crippen molar-refractivity contribution >= 4 is 44.2 Å². The molecule has 21 heavy (non-hydrogen) atoms. The molecule has 1 aromatic heterocycles. The summed E-state index contributed by atoms with van der Waals surface area (Å²) in [5.74, 6) is 0.450. The molecule has 0 spiro atoms. The second-order valence-electron chi connectivity index (χ2n) is 4.57. The fourth-order valence-electron chi connectivity index (χ4n) is 2.28. The number of rotatable bonds is 3. The first-order valence-corrected chi connectivity index (χ1v) is 7.42. The monoisotopic (exact) mass is 363 g/mol. The van der Waals surface area contributed by atoms with Crippen molar-refractivity contribution in [2.24, 2.45) is 0 Å². The van der Waals surface area contributed by atoms with Crippen LogP contribution in [-0.2, 0) is 0 Å². The zero-order valence-electron chi connectivity index (χ0n) is 11.1. The number of carbonyl (C=O) groups is 1. The van der Waals surface area contributed by atoms with Crippen LogP contribution in [0.2, 0.25) is 5.02 Å². The van der Waals surface area contributed by atoms with Gasteiger partial charge >= 0.3 is 0 Å². The number of fused-ring (bicyclic) bond motifs is 1. The molecule has 0 radical (unpaired) electrons. The molecule has 0 bridgehead atoms. The highest BCUT2D eigenvalue weighted by Gasteiger charge is 2.18. The van der Waals surface area contributed by atoms with Crippen molar-refractivity contribution in [3.63, 3.8) is 0 Å². The van der Waals surface area contributed by atoms with Crippen molar-refractivity contribution in [3.8, 4) is 5.75 Å². The number of aromatic nitrogens is 1. The lowest BCUT2D eigenvalue weighted by Gasteiger charge is -2.07. The summed E-state index contributed by atoms with van der Waals surface area (Å²) in [5.41, 5.74) is 1.96. The molecule has 3 rings (SSSR count). The summed E-state index contributed by atoms with van der Waals surface area (Å²) >= 11 is 9.33. The number of hydrogen-bond donors (Lipinski definition) is 1. The lowest BCUT2D eigenvalue weighted by molar-refractivity contribution is 0.103. The van der Waals surface area contributed by atoms with Gasteiger partial charge in [0.2, 0.25) is 0 Å². The number of nitrogens with one attached hydrogen (secondary N) is 1. The Morgan fingerprint density at radius 3 is 2.76 bits per heavy atom. The quantitative estimate of drug-likeness (QED) is 0.677. The van der Waals surface area contributed by atoms with Crippen LogP contribution in [0.1, 0.15) is 15.9 Å². The van der Waals surface area contributed by atoms with Crippen molar-refractivity contribution in [2.75, 3.05) is 7.11 Å². The highest BCUT2D eigenvalue weighted by molar-refractivity contribution is 9.10. The van der Waals surface area contributed by atoms with Crippen LogP contribution in [0.4, 0.5) is 0 Å². The highest BCUT2D eigenvalue weighted by atomic mass is 79.9. The molecule has 3 nitrogen and oxygen atoms in total. The predicted molar refractivity (Wildman–Crippen MR) is 87.4 cm³/mol. The number of hydrogen-bond acceptors (Lipinski definition) is 2. The average Bonchev–Trinajstić information content (AvgIpc) is 2.89. The van der Waals surface area contributed by atoms with Gasteiger partial charge in [0, 0.05) is 32.2 Å². The molecule has 0 amide bonds. The Bertz CT molecular complexity index is 841. The van der Waals surface area contributed by atoms with Gasteiger partial charge in [-0.2, -0.15) is 0 Å². The van der Waals surface area contributed by atoms with E-state index in [0.29, 0.717) is 21.9 Å². The maximum Gasteiger partial charge on any atom is 0.198 e. The summed E-state index contributed by atoms with van der Waals surface area (Å²) in [4.78, 5) is 15.8. The van der Waals surface area contributed by atoms with Gasteiger partial charge in [-0.25, -0.2) is 0 Å². The first kappa shape index (κ1) is 14.2. The lowest BCUT2D eigenvalue weighted by atomic mass is 10.0. The van der Waals surface area contributed by atoms with E-state index >= 15 is 0 Å². The van der Waals surface area contributed by atoms with Crippen LogP contribution in [0, 0.1) is 0 Å². The molecule has 0 atom stereocenters. The standard InChI is InChI=1S/C16H11BrClNO2/c1-21-15-6-9(17)2-4-12(15)16(20)13-8-19-14-7-10(18)3-5-11(13)14/h2-8,19H,1H3. The molecular weight excluding hydrogens is 354 g/mol. The topological polar surface area (TPSA) is 42.1 Å². The molecule has 0 aliphatic carbocycles. The predicted octanol–water partition coefficient (Wildman–Crippen LogP) is 4.82. The van der Waals surface area contributed by atoms with Gasteiger partial charge in [-0.3, -0.25) is 4.79 Å². The Labute approximate surface area is 135 Å². The molecule has 5 heteroatoms. The molecule has 0 fully saturated rings. The van der Waals surface area contributed by atoms with E-state index in [1.165, 1.54) is 0 Å². The molecule has 1 N–H and O–H groups in total. The normalized spacial score (nSPS) is 10.8. The Hall–Kier alpha value is -1.78. The van der Waals surface area contributed by atoms with E-state index in [2.05, 4.69) is 20.9 Å². The number of ketones is 1. The Morgan fingerprint density at radius 2 is 2.00 bits per heavy atom. The molecule has 106 valence electrons. The molecule has 2 aromatic carbocycles. The molecule has 0 unspecified atom stereocenters. The van der Waals surface area contributed by atoms with E-state index in [4.69, 9.17) is 16.3 Å². The smallest absolute Gasteiger partial charge is 0.198 e. The van der Waals surface area contributed by atoms with Crippen molar-refractivity contribution in [1.82, 2.24) is 4.98 Å². The molecule has 0 aliphatic rings. The van der Waals surface area contributed by atoms with E-state index < -0.39 is 0 Å². The number of ether oxygens (including phenoxy) is 1. The largest absolute Gasteiger partial charge is 0.496 e. The molecular formula is C16H11BrClNO2. The van der Waals surface area contributed by atoms with Crippen molar-refractivity contribution in [3.05, 3.63) is 63.2 Å². The third-order valence-corrected chi connectivity index (χ3v) is 4.02. The van der Waals surface area contributed by atoms with E-state index in [-0.39, 0.29) is 5.78 Å². The molecule has 0 saturated heterocycles.